The highest BCUT2D eigenvalue weighted by atomic mass is 16.2. The largest absolute Gasteiger partial charge is 0.341 e. The Hall–Kier alpha value is -2.69. The molecule has 162 valence electrons. The molecule has 0 radical (unpaired) electrons. The van der Waals surface area contributed by atoms with Crippen molar-refractivity contribution in [1.29, 1.82) is 0 Å². The summed E-state index contributed by atoms with van der Waals surface area (Å²) in [5.74, 6) is 1.12. The van der Waals surface area contributed by atoms with Crippen LogP contribution < -0.4 is 5.56 Å². The first-order valence-corrected chi connectivity index (χ1v) is 11.6. The fourth-order valence-corrected chi connectivity index (χ4v) is 5.82. The molecule has 31 heavy (non-hydrogen) atoms. The van der Waals surface area contributed by atoms with Crippen LogP contribution in [0.4, 0.5) is 0 Å². The summed E-state index contributed by atoms with van der Waals surface area (Å²) in [6.45, 7) is 4.10. The number of pyridine rings is 1. The van der Waals surface area contributed by atoms with E-state index in [1.54, 1.807) is 6.07 Å². The molecule has 2 fully saturated rings. The summed E-state index contributed by atoms with van der Waals surface area (Å²) in [5, 5.41) is 0. The Bertz CT molecular complexity index is 1060. The van der Waals surface area contributed by atoms with Crippen LogP contribution in [0.25, 0.3) is 0 Å². The highest BCUT2D eigenvalue weighted by molar-refractivity contribution is 5.84. The minimum atomic E-state index is -0.195. The number of carbonyl (C=O) groups excluding carboxylic acids is 2. The van der Waals surface area contributed by atoms with Gasteiger partial charge in [0, 0.05) is 49.7 Å². The number of hydrogen-bond acceptors (Lipinski definition) is 3. The molecule has 5 heteroatoms. The summed E-state index contributed by atoms with van der Waals surface area (Å²) < 4.78 is 1.90. The molecule has 4 atom stereocenters. The second-order valence-corrected chi connectivity index (χ2v) is 9.66. The van der Waals surface area contributed by atoms with E-state index in [1.807, 2.05) is 28.5 Å². The summed E-state index contributed by atoms with van der Waals surface area (Å²) in [7, 11) is 0. The van der Waals surface area contributed by atoms with E-state index in [0.717, 1.165) is 49.9 Å². The van der Waals surface area contributed by atoms with Crippen molar-refractivity contribution in [1.82, 2.24) is 9.47 Å². The number of fused-ring (bicyclic) bond motifs is 4. The molecule has 0 spiro atoms. The van der Waals surface area contributed by atoms with Crippen LogP contribution in [0.15, 0.2) is 47.3 Å². The normalized spacial score (nSPS) is 25.9. The van der Waals surface area contributed by atoms with E-state index in [4.69, 9.17) is 0 Å². The Kier molecular flexibility index (Phi) is 5.28. The summed E-state index contributed by atoms with van der Waals surface area (Å²) in [6, 6.07) is 13.8. The first-order valence-electron chi connectivity index (χ1n) is 11.6. The molecule has 1 saturated carbocycles. The van der Waals surface area contributed by atoms with Crippen LogP contribution in [0.2, 0.25) is 0 Å². The number of nitrogens with zero attached hydrogens (tertiary/aromatic N) is 2. The van der Waals surface area contributed by atoms with Gasteiger partial charge in [-0.15, -0.1) is 0 Å². The maximum absolute atomic E-state index is 13.3. The molecule has 3 heterocycles. The first-order chi connectivity index (χ1) is 15.0. The quantitative estimate of drug-likeness (QED) is 0.764. The van der Waals surface area contributed by atoms with Crippen LogP contribution in [0.1, 0.15) is 61.3 Å². The van der Waals surface area contributed by atoms with Crippen LogP contribution in [0.5, 0.6) is 0 Å². The van der Waals surface area contributed by atoms with Gasteiger partial charge in [-0.25, -0.2) is 0 Å². The third-order valence-corrected chi connectivity index (χ3v) is 7.55. The maximum Gasteiger partial charge on any atom is 0.250 e. The van der Waals surface area contributed by atoms with Gasteiger partial charge in [0.2, 0.25) is 5.91 Å². The zero-order valence-corrected chi connectivity index (χ0v) is 18.1. The Morgan fingerprint density at radius 2 is 1.87 bits per heavy atom. The topological polar surface area (TPSA) is 59.4 Å². The van der Waals surface area contributed by atoms with Crippen LogP contribution >= 0.6 is 0 Å². The number of likely N-dealkylation sites (tertiary alicyclic amines) is 1. The standard InChI is InChI=1S/C26H30N2O3/c1-17(20-10-8-18(9-11-20)12-21-4-2-6-24(21)29)26(31)27-14-19-13-22(16-27)23-5-3-7-25(30)28(23)15-19/h3,5,7-11,17,19,21-22H,2,4,6,12-16H2,1H3/t17-,19+,21+,22-/m0/s1. The summed E-state index contributed by atoms with van der Waals surface area (Å²) in [4.78, 5) is 39.5. The Balaban J connectivity index is 1.27. The molecular formula is C26H30N2O3. The second-order valence-electron chi connectivity index (χ2n) is 9.66. The Labute approximate surface area is 183 Å². The lowest BCUT2D eigenvalue weighted by atomic mass is 9.82. The monoisotopic (exact) mass is 418 g/mol. The highest BCUT2D eigenvalue weighted by Gasteiger charge is 2.37. The number of piperidine rings is 1. The molecule has 5 nitrogen and oxygen atoms in total. The zero-order chi connectivity index (χ0) is 21.5. The number of benzene rings is 1. The fraction of sp³-hybridized carbons (Fsp3) is 0.500. The SMILES string of the molecule is C[C@H](C(=O)N1C[C@H]2C[C@@H](C1)c1cccc(=O)n1C2)c1ccc(C[C@H]2CCCC2=O)cc1. The molecular weight excluding hydrogens is 388 g/mol. The van der Waals surface area contributed by atoms with Gasteiger partial charge < -0.3 is 9.47 Å². The van der Waals surface area contributed by atoms with Crippen molar-refractivity contribution in [2.75, 3.05) is 13.1 Å². The number of aromatic nitrogens is 1. The van der Waals surface area contributed by atoms with E-state index in [1.165, 1.54) is 5.56 Å². The number of amides is 1. The van der Waals surface area contributed by atoms with Gasteiger partial charge in [-0.2, -0.15) is 0 Å². The maximum atomic E-state index is 13.3. The van der Waals surface area contributed by atoms with E-state index in [2.05, 4.69) is 24.3 Å². The number of Topliss-reactive ketones (excluding diaryl/α,β-unsaturated/α-hetero) is 1. The molecule has 2 aliphatic heterocycles. The molecule has 2 aromatic rings. The van der Waals surface area contributed by atoms with Crippen molar-refractivity contribution < 1.29 is 9.59 Å². The van der Waals surface area contributed by atoms with Gasteiger partial charge in [0.05, 0.1) is 5.92 Å². The highest BCUT2D eigenvalue weighted by Crippen LogP contribution is 2.36. The molecule has 1 aromatic carbocycles. The van der Waals surface area contributed by atoms with E-state index >= 15 is 0 Å². The van der Waals surface area contributed by atoms with Crippen molar-refractivity contribution >= 4 is 11.7 Å². The average Bonchev–Trinajstić information content (AvgIpc) is 3.18. The third kappa shape index (κ3) is 3.86. The first kappa shape index (κ1) is 20.2. The molecule has 1 aromatic heterocycles. The smallest absolute Gasteiger partial charge is 0.250 e. The minimum absolute atomic E-state index is 0.0692. The molecule has 1 aliphatic carbocycles. The Morgan fingerprint density at radius 1 is 1.06 bits per heavy atom. The van der Waals surface area contributed by atoms with E-state index < -0.39 is 0 Å². The lowest BCUT2D eigenvalue weighted by Gasteiger charge is -2.43. The van der Waals surface area contributed by atoms with Gasteiger partial charge in [0.25, 0.3) is 5.56 Å². The number of hydrogen-bond donors (Lipinski definition) is 0. The Morgan fingerprint density at radius 3 is 2.61 bits per heavy atom. The van der Waals surface area contributed by atoms with Gasteiger partial charge in [-0.1, -0.05) is 30.3 Å². The molecule has 0 unspecified atom stereocenters. The van der Waals surface area contributed by atoms with Crippen LogP contribution in [0.3, 0.4) is 0 Å². The summed E-state index contributed by atoms with van der Waals surface area (Å²) in [6.07, 6.45) is 4.61. The summed E-state index contributed by atoms with van der Waals surface area (Å²) in [5.41, 5.74) is 3.34. The number of ketones is 1. The molecule has 0 N–H and O–H groups in total. The van der Waals surface area contributed by atoms with Gasteiger partial charge in [0.1, 0.15) is 5.78 Å². The van der Waals surface area contributed by atoms with Gasteiger partial charge in [-0.05, 0) is 55.7 Å². The van der Waals surface area contributed by atoms with Crippen LogP contribution in [-0.2, 0) is 22.6 Å². The molecule has 2 bridgehead atoms. The molecule has 1 saturated heterocycles. The fourth-order valence-electron chi connectivity index (χ4n) is 5.82. The lowest BCUT2D eigenvalue weighted by Crippen LogP contribution is -2.50. The van der Waals surface area contributed by atoms with Crippen molar-refractivity contribution in [3.05, 3.63) is 69.6 Å². The van der Waals surface area contributed by atoms with Crippen LogP contribution in [-0.4, -0.2) is 34.2 Å². The van der Waals surface area contributed by atoms with Crippen molar-refractivity contribution in [3.63, 3.8) is 0 Å². The molecule has 1 amide bonds. The van der Waals surface area contributed by atoms with Crippen molar-refractivity contribution in [2.24, 2.45) is 11.8 Å². The number of carbonyl (C=O) groups is 2. The van der Waals surface area contributed by atoms with Crippen LogP contribution in [0, 0.1) is 11.8 Å². The van der Waals surface area contributed by atoms with Gasteiger partial charge >= 0.3 is 0 Å². The molecule has 5 rings (SSSR count). The van der Waals surface area contributed by atoms with Gasteiger partial charge in [-0.3, -0.25) is 14.4 Å². The minimum Gasteiger partial charge on any atom is -0.341 e. The van der Waals surface area contributed by atoms with E-state index in [0.29, 0.717) is 24.8 Å². The second kappa shape index (κ2) is 8.10. The number of rotatable bonds is 4. The molecule has 3 aliphatic rings. The summed E-state index contributed by atoms with van der Waals surface area (Å²) >= 11 is 0. The third-order valence-electron chi connectivity index (χ3n) is 7.55. The zero-order valence-electron chi connectivity index (χ0n) is 18.1. The lowest BCUT2D eigenvalue weighted by molar-refractivity contribution is -0.135. The predicted molar refractivity (Wildman–Crippen MR) is 119 cm³/mol. The van der Waals surface area contributed by atoms with E-state index in [9.17, 15) is 14.4 Å². The average molecular weight is 419 g/mol. The van der Waals surface area contributed by atoms with Crippen molar-refractivity contribution in [2.45, 2.75) is 57.4 Å². The van der Waals surface area contributed by atoms with Crippen molar-refractivity contribution in [3.8, 4) is 0 Å². The van der Waals surface area contributed by atoms with Gasteiger partial charge in [0.15, 0.2) is 0 Å². The predicted octanol–water partition coefficient (Wildman–Crippen LogP) is 3.51. The van der Waals surface area contributed by atoms with E-state index in [-0.39, 0.29) is 29.2 Å².